The number of aliphatic hydroxyl groups is 1. The van der Waals surface area contributed by atoms with Crippen molar-refractivity contribution in [3.05, 3.63) is 65.7 Å². The summed E-state index contributed by atoms with van der Waals surface area (Å²) in [6.07, 6.45) is 3.40. The highest BCUT2D eigenvalue weighted by Gasteiger charge is 2.63. The number of aliphatic hydroxyl groups excluding tert-OH is 1. The highest BCUT2D eigenvalue weighted by atomic mass is 16.8. The summed E-state index contributed by atoms with van der Waals surface area (Å²) < 4.78 is 65.6. The Balaban J connectivity index is 0.910. The van der Waals surface area contributed by atoms with Gasteiger partial charge in [-0.05, 0) is 81.9 Å². The van der Waals surface area contributed by atoms with Crippen LogP contribution in [-0.4, -0.2) is 97.4 Å². The number of carbonyl (C=O) groups excluding carboxylic acids is 1. The minimum absolute atomic E-state index is 0.108. The summed E-state index contributed by atoms with van der Waals surface area (Å²) in [6, 6.07) is 17.5. The number of methoxy groups -OCH3 is 2. The topological polar surface area (TPSA) is 130 Å². The van der Waals surface area contributed by atoms with Gasteiger partial charge in [-0.3, -0.25) is 4.79 Å². The number of benzene rings is 2. The van der Waals surface area contributed by atoms with E-state index < -0.39 is 53.3 Å². The van der Waals surface area contributed by atoms with Crippen molar-refractivity contribution in [2.75, 3.05) is 20.8 Å². The normalized spacial score (nSPS) is 43.0. The maximum Gasteiger partial charge on any atom is 0.311 e. The van der Waals surface area contributed by atoms with E-state index in [-0.39, 0.29) is 66.6 Å². The molecular formula is C51H74O12. The van der Waals surface area contributed by atoms with Gasteiger partial charge in [0, 0.05) is 43.3 Å². The van der Waals surface area contributed by atoms with Crippen molar-refractivity contribution in [1.29, 1.82) is 0 Å². The standard InChI is InChI=1S/C51H74O12/c1-11-49(45-31(3)26-40(58-45)42-30(2)25-32(4)51(61-42)29-57-47(62-51)37-17-19-38(54-9)20-18-37)22-21-41(59-49)48(8)23-24-50(63-48)27-39(52)33(5)44(60-50)34(6)43(55-10)35(7)46(53)56-28-36-15-13-12-14-16-36/h12-20,30-35,39-45,47,52H,11,21-29H2,1-10H3/t30-,31-,32+,33+,34-,35-,39-,40-,41+,42-,43+,44-,45+,47-,48+,49-,50+,51+/m0/s1. The van der Waals surface area contributed by atoms with Crippen LogP contribution < -0.4 is 4.74 Å². The molecule has 18 atom stereocenters. The van der Waals surface area contributed by atoms with Gasteiger partial charge >= 0.3 is 5.97 Å². The molecule has 6 saturated heterocycles. The first-order valence-electron chi connectivity index (χ1n) is 23.8. The second-order valence-corrected chi connectivity index (χ2v) is 20.4. The van der Waals surface area contributed by atoms with E-state index in [9.17, 15) is 9.90 Å². The van der Waals surface area contributed by atoms with E-state index in [1.165, 1.54) is 0 Å². The fraction of sp³-hybridized carbons (Fsp3) is 0.745. The van der Waals surface area contributed by atoms with Crippen molar-refractivity contribution in [3.63, 3.8) is 0 Å². The summed E-state index contributed by atoms with van der Waals surface area (Å²) >= 11 is 0. The van der Waals surface area contributed by atoms with Crippen LogP contribution in [0.1, 0.15) is 124 Å². The Morgan fingerprint density at radius 2 is 1.65 bits per heavy atom. The minimum Gasteiger partial charge on any atom is -0.497 e. The number of rotatable bonds is 13. The molecule has 6 aliphatic rings. The van der Waals surface area contributed by atoms with Crippen molar-refractivity contribution < 1.29 is 57.3 Å². The Morgan fingerprint density at radius 1 is 0.905 bits per heavy atom. The molecule has 0 saturated carbocycles. The van der Waals surface area contributed by atoms with Gasteiger partial charge in [0.15, 0.2) is 17.9 Å². The predicted octanol–water partition coefficient (Wildman–Crippen LogP) is 8.70. The second-order valence-electron chi connectivity index (χ2n) is 20.4. The third-order valence-electron chi connectivity index (χ3n) is 16.1. The van der Waals surface area contributed by atoms with Crippen LogP contribution in [0, 0.1) is 35.5 Å². The molecule has 0 aromatic heterocycles. The molecule has 2 spiro atoms. The molecule has 63 heavy (non-hydrogen) atoms. The van der Waals surface area contributed by atoms with Crippen LogP contribution in [0.2, 0.25) is 0 Å². The molecule has 0 radical (unpaired) electrons. The van der Waals surface area contributed by atoms with Crippen LogP contribution in [0.3, 0.4) is 0 Å². The van der Waals surface area contributed by atoms with E-state index in [2.05, 4.69) is 34.6 Å². The van der Waals surface area contributed by atoms with Gasteiger partial charge in [0.1, 0.15) is 19.0 Å². The summed E-state index contributed by atoms with van der Waals surface area (Å²) in [4.78, 5) is 13.3. The fourth-order valence-electron chi connectivity index (χ4n) is 12.2. The highest BCUT2D eigenvalue weighted by molar-refractivity contribution is 5.72. The van der Waals surface area contributed by atoms with Crippen molar-refractivity contribution in [3.8, 4) is 5.75 Å². The monoisotopic (exact) mass is 879 g/mol. The molecule has 0 amide bonds. The van der Waals surface area contributed by atoms with Crippen molar-refractivity contribution in [2.45, 2.75) is 185 Å². The first-order chi connectivity index (χ1) is 30.1. The zero-order valence-corrected chi connectivity index (χ0v) is 39.3. The third kappa shape index (κ3) is 8.99. The van der Waals surface area contributed by atoms with Gasteiger partial charge in [0.05, 0.1) is 67.0 Å². The fourth-order valence-corrected chi connectivity index (χ4v) is 12.2. The highest BCUT2D eigenvalue weighted by Crippen LogP contribution is 2.55. The summed E-state index contributed by atoms with van der Waals surface area (Å²) in [5.41, 5.74) is 0.748. The molecule has 6 heterocycles. The first kappa shape index (κ1) is 46.9. The Kier molecular flexibility index (Phi) is 13.8. The Labute approximate surface area is 375 Å². The SMILES string of the molecule is CC[C@@]1([C@@H]2O[C@H]([C@H]3O[C@@]4(CO[C@H](c5ccc(OC)cc5)O4)[C@H](C)C[C@@H]3C)C[C@@H]2C)CC[C@H]([C@@]2(C)CC[C@]3(C[C@H](O)[C@@H](C)[C@@H]([C@@H](C)[C@@H](OC)[C@H](C)C(=O)OCc4ccccc4)O3)O2)O1. The molecule has 8 rings (SSSR count). The summed E-state index contributed by atoms with van der Waals surface area (Å²) in [5, 5.41) is 11.6. The Bertz CT molecular complexity index is 1850. The lowest BCUT2D eigenvalue weighted by atomic mass is 9.78. The third-order valence-corrected chi connectivity index (χ3v) is 16.1. The lowest BCUT2D eigenvalue weighted by molar-refractivity contribution is -0.336. The van der Waals surface area contributed by atoms with Gasteiger partial charge < -0.3 is 52.5 Å². The van der Waals surface area contributed by atoms with E-state index in [1.54, 1.807) is 14.2 Å². The van der Waals surface area contributed by atoms with Crippen molar-refractivity contribution in [1.82, 2.24) is 0 Å². The second kappa shape index (κ2) is 18.6. The molecule has 6 fully saturated rings. The molecule has 2 aromatic rings. The Morgan fingerprint density at radius 3 is 2.35 bits per heavy atom. The number of hydrogen-bond donors (Lipinski definition) is 1. The quantitative estimate of drug-likeness (QED) is 0.193. The van der Waals surface area contributed by atoms with Crippen molar-refractivity contribution in [2.24, 2.45) is 35.5 Å². The van der Waals surface area contributed by atoms with Crippen LogP contribution in [0.25, 0.3) is 0 Å². The van der Waals surface area contributed by atoms with E-state index >= 15 is 0 Å². The van der Waals surface area contributed by atoms with E-state index in [0.717, 1.165) is 55.4 Å². The predicted molar refractivity (Wildman–Crippen MR) is 234 cm³/mol. The van der Waals surface area contributed by atoms with Gasteiger partial charge in [-0.2, -0.15) is 0 Å². The zero-order valence-electron chi connectivity index (χ0n) is 39.3. The van der Waals surface area contributed by atoms with E-state index in [1.807, 2.05) is 75.4 Å². The van der Waals surface area contributed by atoms with Crippen molar-refractivity contribution >= 4 is 5.97 Å². The molecule has 0 bridgehead atoms. The molecule has 12 heteroatoms. The number of ether oxygens (including phenoxy) is 10. The summed E-state index contributed by atoms with van der Waals surface area (Å²) in [6.45, 7) is 17.6. The smallest absolute Gasteiger partial charge is 0.311 e. The molecule has 0 unspecified atom stereocenters. The zero-order chi connectivity index (χ0) is 44.9. The van der Waals surface area contributed by atoms with Crippen LogP contribution in [-0.2, 0) is 54.0 Å². The molecule has 0 aliphatic carbocycles. The summed E-state index contributed by atoms with van der Waals surface area (Å²) in [5.74, 6) is -1.71. The maximum absolute atomic E-state index is 13.3. The van der Waals surface area contributed by atoms with E-state index in [0.29, 0.717) is 19.4 Å². The molecule has 350 valence electrons. The first-order valence-corrected chi connectivity index (χ1v) is 23.8. The molecule has 2 aromatic carbocycles. The minimum atomic E-state index is -0.988. The molecular weight excluding hydrogens is 805 g/mol. The molecule has 6 aliphatic heterocycles. The number of carbonyl (C=O) groups is 1. The van der Waals surface area contributed by atoms with Gasteiger partial charge in [-0.1, -0.05) is 84.0 Å². The molecule has 1 N–H and O–H groups in total. The summed E-state index contributed by atoms with van der Waals surface area (Å²) in [7, 11) is 3.28. The van der Waals surface area contributed by atoms with Crippen LogP contribution >= 0.6 is 0 Å². The van der Waals surface area contributed by atoms with Gasteiger partial charge in [0.25, 0.3) is 0 Å². The number of esters is 1. The number of hydrogen-bond acceptors (Lipinski definition) is 12. The largest absolute Gasteiger partial charge is 0.497 e. The lowest BCUT2D eigenvalue weighted by Crippen LogP contribution is -2.57. The van der Waals surface area contributed by atoms with Crippen LogP contribution in [0.4, 0.5) is 0 Å². The van der Waals surface area contributed by atoms with Gasteiger partial charge in [0.2, 0.25) is 0 Å². The van der Waals surface area contributed by atoms with Gasteiger partial charge in [-0.25, -0.2) is 0 Å². The lowest BCUT2D eigenvalue weighted by Gasteiger charge is -2.49. The van der Waals surface area contributed by atoms with E-state index in [4.69, 9.17) is 47.4 Å². The average Bonchev–Trinajstić information content (AvgIpc) is 4.09. The molecule has 12 nitrogen and oxygen atoms in total. The van der Waals surface area contributed by atoms with Gasteiger partial charge in [-0.15, -0.1) is 0 Å². The average molecular weight is 879 g/mol. The van der Waals surface area contributed by atoms with Crippen LogP contribution in [0.5, 0.6) is 5.75 Å². The Hall–Kier alpha value is -2.65. The maximum atomic E-state index is 13.3. The van der Waals surface area contributed by atoms with Crippen LogP contribution in [0.15, 0.2) is 54.6 Å².